The molecule has 122 valence electrons. The number of nitrogens with zero attached hydrogens (tertiary/aromatic N) is 1. The third-order valence-electron chi connectivity index (χ3n) is 3.50. The van der Waals surface area contributed by atoms with Crippen LogP contribution in [0.15, 0.2) is 48.5 Å². The van der Waals surface area contributed by atoms with Crippen molar-refractivity contribution < 1.29 is 9.53 Å². The molecule has 2 aromatic carbocycles. The number of carbonyl (C=O) groups is 1. The topological polar surface area (TPSA) is 41.6 Å². The van der Waals surface area contributed by atoms with E-state index in [0.717, 1.165) is 23.3 Å². The third kappa shape index (κ3) is 5.49. The second-order valence-corrected chi connectivity index (χ2v) is 5.75. The maximum Gasteiger partial charge on any atom is 0.317 e. The smallest absolute Gasteiger partial charge is 0.317 e. The van der Waals surface area contributed by atoms with Gasteiger partial charge in [0.25, 0.3) is 0 Å². The van der Waals surface area contributed by atoms with Crippen LogP contribution in [0.5, 0.6) is 5.75 Å². The quantitative estimate of drug-likeness (QED) is 0.875. The number of benzene rings is 2. The molecule has 0 bridgehead atoms. The first kappa shape index (κ1) is 17.2. The molecular weight excluding hydrogens is 312 g/mol. The van der Waals surface area contributed by atoms with Gasteiger partial charge in [-0.05, 0) is 41.8 Å². The minimum Gasteiger partial charge on any atom is -0.497 e. The van der Waals surface area contributed by atoms with E-state index in [1.807, 2.05) is 48.5 Å². The van der Waals surface area contributed by atoms with Gasteiger partial charge in [0.05, 0.1) is 7.11 Å². The van der Waals surface area contributed by atoms with Gasteiger partial charge in [0.15, 0.2) is 0 Å². The molecule has 0 spiro atoms. The van der Waals surface area contributed by atoms with E-state index in [1.165, 1.54) is 0 Å². The number of halogens is 1. The molecule has 0 aliphatic carbocycles. The lowest BCUT2D eigenvalue weighted by molar-refractivity contribution is 0.207. The van der Waals surface area contributed by atoms with E-state index in [0.29, 0.717) is 18.1 Å². The Labute approximate surface area is 142 Å². The summed E-state index contributed by atoms with van der Waals surface area (Å²) in [6.07, 6.45) is 0.779. The van der Waals surface area contributed by atoms with Crippen LogP contribution in [0, 0.1) is 0 Å². The lowest BCUT2D eigenvalue weighted by Crippen LogP contribution is -2.37. The molecule has 0 atom stereocenters. The van der Waals surface area contributed by atoms with E-state index in [9.17, 15) is 4.79 Å². The maximum absolute atomic E-state index is 12.1. The molecule has 5 heteroatoms. The number of amides is 2. The van der Waals surface area contributed by atoms with E-state index in [2.05, 4.69) is 5.32 Å². The molecule has 0 aromatic heterocycles. The third-order valence-corrected chi connectivity index (χ3v) is 3.74. The highest BCUT2D eigenvalue weighted by atomic mass is 35.5. The second-order valence-electron chi connectivity index (χ2n) is 5.32. The summed E-state index contributed by atoms with van der Waals surface area (Å²) in [6.45, 7) is 1.11. The molecule has 0 unspecified atom stereocenters. The normalized spacial score (nSPS) is 10.2. The number of methoxy groups -OCH3 is 1. The van der Waals surface area contributed by atoms with E-state index in [-0.39, 0.29) is 6.03 Å². The average Bonchev–Trinajstić information content (AvgIpc) is 2.55. The molecule has 0 fully saturated rings. The van der Waals surface area contributed by atoms with Crippen LogP contribution in [-0.2, 0) is 13.0 Å². The Morgan fingerprint density at radius 1 is 1.17 bits per heavy atom. The monoisotopic (exact) mass is 332 g/mol. The molecular formula is C18H21ClN2O2. The van der Waals surface area contributed by atoms with Crippen molar-refractivity contribution in [3.8, 4) is 5.75 Å². The summed E-state index contributed by atoms with van der Waals surface area (Å²) < 4.78 is 5.12. The van der Waals surface area contributed by atoms with Gasteiger partial charge in [0, 0.05) is 25.2 Å². The van der Waals surface area contributed by atoms with Crippen molar-refractivity contribution in [3.63, 3.8) is 0 Å². The number of carbonyl (C=O) groups excluding carboxylic acids is 1. The fraction of sp³-hybridized carbons (Fsp3) is 0.278. The fourth-order valence-electron chi connectivity index (χ4n) is 2.22. The first-order valence-electron chi connectivity index (χ1n) is 7.45. The molecule has 2 rings (SSSR count). The van der Waals surface area contributed by atoms with Crippen LogP contribution in [0.2, 0.25) is 5.02 Å². The number of rotatable bonds is 6. The predicted octanol–water partition coefficient (Wildman–Crippen LogP) is 3.73. The Hall–Kier alpha value is -2.20. The van der Waals surface area contributed by atoms with E-state index in [4.69, 9.17) is 16.3 Å². The summed E-state index contributed by atoms with van der Waals surface area (Å²) in [5.41, 5.74) is 2.16. The summed E-state index contributed by atoms with van der Waals surface area (Å²) in [7, 11) is 3.41. The summed E-state index contributed by atoms with van der Waals surface area (Å²) in [6, 6.07) is 15.3. The molecule has 0 saturated heterocycles. The number of nitrogens with one attached hydrogen (secondary N) is 1. The number of ether oxygens (including phenoxy) is 1. The Morgan fingerprint density at radius 3 is 2.57 bits per heavy atom. The van der Waals surface area contributed by atoms with Gasteiger partial charge in [-0.2, -0.15) is 0 Å². The van der Waals surface area contributed by atoms with Gasteiger partial charge in [-0.15, -0.1) is 0 Å². The van der Waals surface area contributed by atoms with Crippen molar-refractivity contribution >= 4 is 17.6 Å². The van der Waals surface area contributed by atoms with E-state index in [1.54, 1.807) is 19.1 Å². The molecule has 0 saturated carbocycles. The highest BCUT2D eigenvalue weighted by Gasteiger charge is 2.08. The zero-order chi connectivity index (χ0) is 16.7. The Balaban J connectivity index is 1.77. The first-order chi connectivity index (χ1) is 11.1. The Bertz CT molecular complexity index is 644. The number of hydrogen-bond donors (Lipinski definition) is 1. The van der Waals surface area contributed by atoms with Gasteiger partial charge in [-0.1, -0.05) is 35.9 Å². The van der Waals surface area contributed by atoms with Crippen LogP contribution in [0.3, 0.4) is 0 Å². The highest BCUT2D eigenvalue weighted by Crippen LogP contribution is 2.13. The summed E-state index contributed by atoms with van der Waals surface area (Å²) in [5, 5.41) is 3.59. The Kier molecular flexibility index (Phi) is 6.29. The minimum atomic E-state index is -0.0986. The molecule has 1 N–H and O–H groups in total. The van der Waals surface area contributed by atoms with Crippen molar-refractivity contribution in [2.45, 2.75) is 13.0 Å². The van der Waals surface area contributed by atoms with Crippen molar-refractivity contribution in [1.29, 1.82) is 0 Å². The largest absolute Gasteiger partial charge is 0.497 e. The highest BCUT2D eigenvalue weighted by molar-refractivity contribution is 6.30. The molecule has 0 heterocycles. The molecule has 4 nitrogen and oxygen atoms in total. The van der Waals surface area contributed by atoms with Gasteiger partial charge in [-0.25, -0.2) is 4.79 Å². The van der Waals surface area contributed by atoms with Gasteiger partial charge < -0.3 is 15.0 Å². The predicted molar refractivity (Wildman–Crippen MR) is 93.0 cm³/mol. The van der Waals surface area contributed by atoms with Crippen LogP contribution in [0.25, 0.3) is 0 Å². The van der Waals surface area contributed by atoms with Crippen LogP contribution in [-0.4, -0.2) is 31.6 Å². The zero-order valence-electron chi connectivity index (χ0n) is 13.4. The van der Waals surface area contributed by atoms with Gasteiger partial charge in [0.1, 0.15) is 5.75 Å². The molecule has 2 amide bonds. The van der Waals surface area contributed by atoms with Crippen LogP contribution < -0.4 is 10.1 Å². The van der Waals surface area contributed by atoms with Gasteiger partial charge in [0.2, 0.25) is 0 Å². The van der Waals surface area contributed by atoms with Gasteiger partial charge >= 0.3 is 6.03 Å². The van der Waals surface area contributed by atoms with Crippen molar-refractivity contribution in [3.05, 3.63) is 64.7 Å². The van der Waals surface area contributed by atoms with Crippen LogP contribution in [0.4, 0.5) is 4.79 Å². The molecule has 0 radical (unpaired) electrons. The standard InChI is InChI=1S/C18H21ClN2O2/c1-21(13-15-4-3-5-16(19)12-15)18(22)20-11-10-14-6-8-17(23-2)9-7-14/h3-9,12H,10-11,13H2,1-2H3,(H,20,22). The molecule has 2 aromatic rings. The minimum absolute atomic E-state index is 0.0986. The average molecular weight is 333 g/mol. The number of urea groups is 1. The van der Waals surface area contributed by atoms with Crippen LogP contribution in [0.1, 0.15) is 11.1 Å². The lowest BCUT2D eigenvalue weighted by Gasteiger charge is -2.18. The summed E-state index contributed by atoms with van der Waals surface area (Å²) in [5.74, 6) is 0.832. The van der Waals surface area contributed by atoms with Crippen molar-refractivity contribution in [2.24, 2.45) is 0 Å². The first-order valence-corrected chi connectivity index (χ1v) is 7.82. The van der Waals surface area contributed by atoms with Crippen molar-refractivity contribution in [2.75, 3.05) is 20.7 Å². The molecule has 0 aliphatic rings. The summed E-state index contributed by atoms with van der Waals surface area (Å²) >= 11 is 5.95. The maximum atomic E-state index is 12.1. The molecule has 23 heavy (non-hydrogen) atoms. The SMILES string of the molecule is COc1ccc(CCNC(=O)N(C)Cc2cccc(Cl)c2)cc1. The summed E-state index contributed by atoms with van der Waals surface area (Å²) in [4.78, 5) is 13.7. The zero-order valence-corrected chi connectivity index (χ0v) is 14.1. The van der Waals surface area contributed by atoms with Gasteiger partial charge in [-0.3, -0.25) is 0 Å². The fourth-order valence-corrected chi connectivity index (χ4v) is 2.43. The van der Waals surface area contributed by atoms with E-state index >= 15 is 0 Å². The number of hydrogen-bond acceptors (Lipinski definition) is 2. The van der Waals surface area contributed by atoms with Crippen LogP contribution >= 0.6 is 11.6 Å². The molecule has 0 aliphatic heterocycles. The van der Waals surface area contributed by atoms with E-state index < -0.39 is 0 Å². The Morgan fingerprint density at radius 2 is 1.91 bits per heavy atom. The lowest BCUT2D eigenvalue weighted by atomic mass is 10.1. The second kappa shape index (κ2) is 8.44. The van der Waals surface area contributed by atoms with Crippen molar-refractivity contribution in [1.82, 2.24) is 10.2 Å².